The number of pyridine rings is 1. The normalized spacial score (nSPS) is 24.4. The van der Waals surface area contributed by atoms with E-state index >= 15 is 0 Å². The molecule has 0 aromatic carbocycles. The van der Waals surface area contributed by atoms with Gasteiger partial charge in [-0.1, -0.05) is 0 Å². The van der Waals surface area contributed by atoms with E-state index in [9.17, 15) is 14.4 Å². The van der Waals surface area contributed by atoms with Gasteiger partial charge in [0.25, 0.3) is 0 Å². The summed E-state index contributed by atoms with van der Waals surface area (Å²) >= 11 is 1.40. The van der Waals surface area contributed by atoms with E-state index in [0.29, 0.717) is 10.6 Å². The van der Waals surface area contributed by atoms with Gasteiger partial charge in [-0.3, -0.25) is 15.4 Å². The van der Waals surface area contributed by atoms with E-state index in [4.69, 9.17) is 11.1 Å². The van der Waals surface area contributed by atoms with Crippen LogP contribution in [-0.2, 0) is 4.79 Å². The standard InChI is InChI=1S/C21H22FN7O2S/c22-11-7-13(17(24)25-8-11)15(23)19-27-18(12-5-6-32-21(12)28-19)26-16-10-3-1-9(2-4-10)14(16)20(30)29-31/h5-10,14,16,23,31H,1-4H2,(H2,24,25)(H,29,30)(H,26,27,28)/t9?,10?,14-,16-/m0/s1. The highest BCUT2D eigenvalue weighted by atomic mass is 32.1. The van der Waals surface area contributed by atoms with E-state index in [1.54, 1.807) is 0 Å². The Hall–Kier alpha value is -3.18. The lowest BCUT2D eigenvalue weighted by molar-refractivity contribution is -0.139. The molecular formula is C21H22FN7O2S. The molecule has 3 aromatic heterocycles. The van der Waals surface area contributed by atoms with Crippen LogP contribution >= 0.6 is 11.3 Å². The second-order valence-electron chi connectivity index (χ2n) is 8.34. The summed E-state index contributed by atoms with van der Waals surface area (Å²) in [5, 5.41) is 23.9. The van der Waals surface area contributed by atoms with Crippen molar-refractivity contribution in [2.45, 2.75) is 31.7 Å². The minimum Gasteiger partial charge on any atom is -0.383 e. The number of hydrogen-bond acceptors (Lipinski definition) is 9. The van der Waals surface area contributed by atoms with Crippen molar-refractivity contribution < 1.29 is 14.4 Å². The molecule has 166 valence electrons. The topological polar surface area (TPSA) is 150 Å². The lowest BCUT2D eigenvalue weighted by atomic mass is 9.61. The third kappa shape index (κ3) is 3.47. The van der Waals surface area contributed by atoms with Gasteiger partial charge in [-0.05, 0) is 55.0 Å². The number of rotatable bonds is 5. The summed E-state index contributed by atoms with van der Waals surface area (Å²) in [7, 11) is 0. The first-order valence-corrected chi connectivity index (χ1v) is 11.3. The minimum absolute atomic E-state index is 0.0186. The Morgan fingerprint density at radius 1 is 1.25 bits per heavy atom. The summed E-state index contributed by atoms with van der Waals surface area (Å²) in [6.07, 6.45) is 4.92. The molecule has 11 heteroatoms. The van der Waals surface area contributed by atoms with Crippen LogP contribution in [0, 0.1) is 29.0 Å². The van der Waals surface area contributed by atoms with Crippen molar-refractivity contribution in [3.63, 3.8) is 0 Å². The number of nitrogen functional groups attached to an aromatic ring is 1. The first kappa shape index (κ1) is 20.7. The van der Waals surface area contributed by atoms with Gasteiger partial charge < -0.3 is 11.1 Å². The van der Waals surface area contributed by atoms with Crippen molar-refractivity contribution >= 4 is 44.8 Å². The molecule has 0 spiro atoms. The number of fused-ring (bicyclic) bond motifs is 4. The van der Waals surface area contributed by atoms with E-state index in [1.807, 2.05) is 16.9 Å². The van der Waals surface area contributed by atoms with Crippen molar-refractivity contribution in [2.24, 2.45) is 17.8 Å². The number of carbonyl (C=O) groups is 1. The van der Waals surface area contributed by atoms with Crippen LogP contribution in [0.4, 0.5) is 16.0 Å². The molecule has 0 aliphatic heterocycles. The number of nitrogens with zero attached hydrogens (tertiary/aromatic N) is 3. The fourth-order valence-electron chi connectivity index (χ4n) is 5.11. The number of anilines is 2. The van der Waals surface area contributed by atoms with Crippen LogP contribution < -0.4 is 16.5 Å². The molecule has 9 nitrogen and oxygen atoms in total. The van der Waals surface area contributed by atoms with Gasteiger partial charge in [-0.2, -0.15) is 0 Å². The predicted octanol–water partition coefficient (Wildman–Crippen LogP) is 2.95. The number of hydrogen-bond donors (Lipinski definition) is 5. The van der Waals surface area contributed by atoms with Gasteiger partial charge >= 0.3 is 0 Å². The van der Waals surface area contributed by atoms with E-state index in [0.717, 1.165) is 43.3 Å². The third-order valence-corrected chi connectivity index (χ3v) is 7.45. The fraction of sp³-hybridized carbons (Fsp3) is 0.381. The fourth-order valence-corrected chi connectivity index (χ4v) is 5.88. The van der Waals surface area contributed by atoms with Crippen molar-refractivity contribution in [3.05, 3.63) is 40.9 Å². The lowest BCUT2D eigenvalue weighted by Crippen LogP contribution is -2.54. The summed E-state index contributed by atoms with van der Waals surface area (Å²) in [6.45, 7) is 0. The van der Waals surface area contributed by atoms with E-state index in [2.05, 4.69) is 20.3 Å². The molecule has 3 aliphatic carbocycles. The quantitative estimate of drug-likeness (QED) is 0.225. The average molecular weight is 456 g/mol. The molecule has 2 bridgehead atoms. The molecular weight excluding hydrogens is 433 g/mol. The zero-order chi connectivity index (χ0) is 22.4. The summed E-state index contributed by atoms with van der Waals surface area (Å²) < 4.78 is 13.7. The average Bonchev–Trinajstić information content (AvgIpc) is 3.29. The molecule has 32 heavy (non-hydrogen) atoms. The highest BCUT2D eigenvalue weighted by Crippen LogP contribution is 2.46. The van der Waals surface area contributed by atoms with Gasteiger partial charge in [0.05, 0.1) is 17.5 Å². The van der Waals surface area contributed by atoms with Crippen molar-refractivity contribution in [1.82, 2.24) is 20.4 Å². The third-order valence-electron chi connectivity index (χ3n) is 6.64. The first-order valence-electron chi connectivity index (χ1n) is 10.4. The van der Waals surface area contributed by atoms with Crippen LogP contribution in [-0.4, -0.2) is 37.8 Å². The Labute approximate surface area is 186 Å². The van der Waals surface area contributed by atoms with Crippen LogP contribution in [0.3, 0.4) is 0 Å². The van der Waals surface area contributed by atoms with Crippen LogP contribution in [0.1, 0.15) is 37.1 Å². The number of thiophene rings is 1. The SMILES string of the molecule is N=C(c1nc(N[C@H]2C3CCC(CC3)[C@@H]2C(=O)NO)c2ccsc2n1)c1cc(F)cnc1N. The Morgan fingerprint density at radius 2 is 2.00 bits per heavy atom. The molecule has 6 rings (SSSR count). The molecule has 0 saturated heterocycles. The number of nitrogens with two attached hydrogens (primary N) is 1. The van der Waals surface area contributed by atoms with Gasteiger partial charge in [-0.15, -0.1) is 11.3 Å². The lowest BCUT2D eigenvalue weighted by Gasteiger charge is -2.47. The zero-order valence-electron chi connectivity index (χ0n) is 17.0. The Morgan fingerprint density at radius 3 is 2.75 bits per heavy atom. The monoisotopic (exact) mass is 455 g/mol. The molecule has 1 amide bonds. The molecule has 3 heterocycles. The van der Waals surface area contributed by atoms with Crippen LogP contribution in [0.15, 0.2) is 23.7 Å². The van der Waals surface area contributed by atoms with Gasteiger partial charge in [0, 0.05) is 11.6 Å². The molecule has 3 aromatic rings. The van der Waals surface area contributed by atoms with Gasteiger partial charge in [0.2, 0.25) is 5.91 Å². The van der Waals surface area contributed by atoms with E-state index in [1.165, 1.54) is 11.3 Å². The highest BCUT2D eigenvalue weighted by Gasteiger charge is 2.47. The Bertz CT molecular complexity index is 1210. The maximum atomic E-state index is 13.7. The number of carbonyl (C=O) groups excluding carboxylic acids is 1. The summed E-state index contributed by atoms with van der Waals surface area (Å²) in [5.74, 6) is -0.285. The molecule has 3 saturated carbocycles. The largest absolute Gasteiger partial charge is 0.383 e. The second-order valence-corrected chi connectivity index (χ2v) is 9.24. The first-order chi connectivity index (χ1) is 15.5. The smallest absolute Gasteiger partial charge is 0.248 e. The molecule has 6 N–H and O–H groups in total. The molecule has 3 aliphatic rings. The van der Waals surface area contributed by atoms with E-state index < -0.39 is 5.82 Å². The van der Waals surface area contributed by atoms with Crippen LogP contribution in [0.5, 0.6) is 0 Å². The molecule has 0 unspecified atom stereocenters. The Balaban J connectivity index is 1.54. The predicted molar refractivity (Wildman–Crippen MR) is 118 cm³/mol. The van der Waals surface area contributed by atoms with Crippen molar-refractivity contribution in [1.29, 1.82) is 5.41 Å². The number of aromatic nitrogens is 3. The van der Waals surface area contributed by atoms with Crippen molar-refractivity contribution in [2.75, 3.05) is 11.1 Å². The van der Waals surface area contributed by atoms with Gasteiger partial charge in [0.15, 0.2) is 5.82 Å². The molecule has 3 fully saturated rings. The Kier molecular flexibility index (Phi) is 5.22. The molecule has 2 atom stereocenters. The molecule has 0 radical (unpaired) electrons. The number of amides is 1. The highest BCUT2D eigenvalue weighted by molar-refractivity contribution is 7.16. The summed E-state index contributed by atoms with van der Waals surface area (Å²) in [4.78, 5) is 26.0. The maximum Gasteiger partial charge on any atom is 0.248 e. The van der Waals surface area contributed by atoms with Gasteiger partial charge in [-0.25, -0.2) is 24.8 Å². The number of halogens is 1. The van der Waals surface area contributed by atoms with Crippen molar-refractivity contribution in [3.8, 4) is 0 Å². The van der Waals surface area contributed by atoms with Gasteiger partial charge in [0.1, 0.15) is 28.0 Å². The van der Waals surface area contributed by atoms with Crippen LogP contribution in [0.25, 0.3) is 10.2 Å². The van der Waals surface area contributed by atoms with Crippen LogP contribution in [0.2, 0.25) is 0 Å². The number of nitrogens with one attached hydrogen (secondary N) is 3. The maximum absolute atomic E-state index is 13.7. The number of hydroxylamine groups is 1. The minimum atomic E-state index is -0.606. The summed E-state index contributed by atoms with van der Waals surface area (Å²) in [5.41, 5.74) is 7.67. The van der Waals surface area contributed by atoms with E-state index in [-0.39, 0.29) is 52.6 Å². The summed E-state index contributed by atoms with van der Waals surface area (Å²) in [6, 6.07) is 2.83. The zero-order valence-corrected chi connectivity index (χ0v) is 17.8. The second kappa shape index (κ2) is 8.06.